The Bertz CT molecular complexity index is 456. The number of hydrogen-bond donors (Lipinski definition) is 2. The predicted octanol–water partition coefficient (Wildman–Crippen LogP) is 1.26. The number of hydrogen-bond acceptors (Lipinski definition) is 5. The summed E-state index contributed by atoms with van der Waals surface area (Å²) in [6, 6.07) is 1.24. The normalized spacial score (nSPS) is 12.4. The van der Waals surface area contributed by atoms with E-state index in [0.29, 0.717) is 6.08 Å². The van der Waals surface area contributed by atoms with E-state index in [0.717, 1.165) is 6.33 Å². The zero-order valence-electron chi connectivity index (χ0n) is 8.75. The van der Waals surface area contributed by atoms with Crippen LogP contribution in [0.1, 0.15) is 5.69 Å². The van der Waals surface area contributed by atoms with Crippen molar-refractivity contribution < 1.29 is 17.9 Å². The Morgan fingerprint density at radius 3 is 2.65 bits per heavy atom. The first-order chi connectivity index (χ1) is 7.84. The van der Waals surface area contributed by atoms with E-state index in [2.05, 4.69) is 9.97 Å². The smallest absolute Gasteiger partial charge is 0.430 e. The SMILES string of the molecule is COc1cc(C(=N)C=C(N)C(F)(F)F)ncn1. The molecule has 0 saturated heterocycles. The average molecular weight is 246 g/mol. The number of nitrogens with one attached hydrogen (secondary N) is 1. The summed E-state index contributed by atoms with van der Waals surface area (Å²) in [5.41, 5.74) is 2.94. The highest BCUT2D eigenvalue weighted by molar-refractivity contribution is 6.05. The molecule has 0 bridgehead atoms. The highest BCUT2D eigenvalue weighted by Gasteiger charge is 2.31. The molecule has 0 fully saturated rings. The van der Waals surface area contributed by atoms with E-state index in [-0.39, 0.29) is 11.6 Å². The maximum absolute atomic E-state index is 12.1. The Balaban J connectivity index is 2.98. The van der Waals surface area contributed by atoms with Gasteiger partial charge in [0.2, 0.25) is 5.88 Å². The van der Waals surface area contributed by atoms with Gasteiger partial charge in [-0.2, -0.15) is 13.2 Å². The van der Waals surface area contributed by atoms with Crippen molar-refractivity contribution in [3.63, 3.8) is 0 Å². The van der Waals surface area contributed by atoms with Crippen LogP contribution in [0.25, 0.3) is 0 Å². The highest BCUT2D eigenvalue weighted by atomic mass is 19.4. The molecule has 5 nitrogen and oxygen atoms in total. The summed E-state index contributed by atoms with van der Waals surface area (Å²) in [4.78, 5) is 7.30. The Kier molecular flexibility index (Phi) is 3.66. The van der Waals surface area contributed by atoms with E-state index in [9.17, 15) is 13.2 Å². The fourth-order valence-corrected chi connectivity index (χ4v) is 0.910. The van der Waals surface area contributed by atoms with E-state index in [4.69, 9.17) is 15.9 Å². The molecule has 0 unspecified atom stereocenters. The predicted molar refractivity (Wildman–Crippen MR) is 53.7 cm³/mol. The molecule has 0 radical (unpaired) electrons. The summed E-state index contributed by atoms with van der Waals surface area (Å²) < 4.78 is 41.1. The molecular formula is C9H9F3N4O. The zero-order valence-corrected chi connectivity index (χ0v) is 8.75. The average Bonchev–Trinajstić information content (AvgIpc) is 2.27. The summed E-state index contributed by atoms with van der Waals surface area (Å²) in [6.07, 6.45) is -3.09. The number of nitrogens with two attached hydrogens (primary N) is 1. The van der Waals surface area contributed by atoms with Crippen molar-refractivity contribution >= 4 is 5.71 Å². The van der Waals surface area contributed by atoms with Crippen molar-refractivity contribution in [3.8, 4) is 5.88 Å². The van der Waals surface area contributed by atoms with E-state index in [1.54, 1.807) is 0 Å². The monoisotopic (exact) mass is 246 g/mol. The largest absolute Gasteiger partial charge is 0.481 e. The van der Waals surface area contributed by atoms with E-state index >= 15 is 0 Å². The molecule has 0 aliphatic rings. The molecule has 1 aromatic heterocycles. The van der Waals surface area contributed by atoms with Crippen LogP contribution in [0.3, 0.4) is 0 Å². The minimum absolute atomic E-state index is 0.0101. The van der Waals surface area contributed by atoms with Gasteiger partial charge in [0, 0.05) is 6.07 Å². The van der Waals surface area contributed by atoms with Gasteiger partial charge in [0.1, 0.15) is 12.0 Å². The molecule has 0 aliphatic heterocycles. The topological polar surface area (TPSA) is 84.9 Å². The number of halogens is 3. The van der Waals surface area contributed by atoms with Gasteiger partial charge >= 0.3 is 6.18 Å². The van der Waals surface area contributed by atoms with Crippen molar-refractivity contribution in [1.82, 2.24) is 9.97 Å². The number of ether oxygens (including phenoxy) is 1. The van der Waals surface area contributed by atoms with Crippen molar-refractivity contribution in [1.29, 1.82) is 5.41 Å². The van der Waals surface area contributed by atoms with Crippen LogP contribution in [-0.4, -0.2) is 29.0 Å². The van der Waals surface area contributed by atoms with Crippen LogP contribution < -0.4 is 10.5 Å². The lowest BCUT2D eigenvalue weighted by Crippen LogP contribution is -2.20. The number of methoxy groups -OCH3 is 1. The van der Waals surface area contributed by atoms with E-state index in [1.165, 1.54) is 13.2 Å². The van der Waals surface area contributed by atoms with Crippen molar-refractivity contribution in [2.24, 2.45) is 5.73 Å². The first-order valence-corrected chi connectivity index (χ1v) is 4.34. The number of nitrogens with zero attached hydrogens (tertiary/aromatic N) is 2. The Labute approximate surface area is 94.6 Å². The van der Waals surface area contributed by atoms with Crippen LogP contribution in [0.4, 0.5) is 13.2 Å². The van der Waals surface area contributed by atoms with Gasteiger partial charge in [-0.25, -0.2) is 9.97 Å². The van der Waals surface area contributed by atoms with Gasteiger partial charge in [-0.05, 0) is 6.08 Å². The Morgan fingerprint density at radius 1 is 1.47 bits per heavy atom. The molecule has 8 heteroatoms. The standard InChI is InChI=1S/C9H9F3N4O/c1-17-8-3-6(15-4-16-8)5(13)2-7(14)9(10,11)12/h2-4,13H,14H2,1H3. The van der Waals surface area contributed by atoms with Gasteiger partial charge in [-0.1, -0.05) is 0 Å². The fourth-order valence-electron chi connectivity index (χ4n) is 0.910. The second kappa shape index (κ2) is 4.81. The summed E-state index contributed by atoms with van der Waals surface area (Å²) in [7, 11) is 1.34. The molecule has 0 amide bonds. The van der Waals surface area contributed by atoms with Gasteiger partial charge in [-0.3, -0.25) is 5.41 Å². The quantitative estimate of drug-likeness (QED) is 0.786. The summed E-state index contributed by atoms with van der Waals surface area (Å²) in [5, 5.41) is 7.41. The van der Waals surface area contributed by atoms with Crippen molar-refractivity contribution in [3.05, 3.63) is 29.9 Å². The molecule has 0 spiro atoms. The second-order valence-corrected chi connectivity index (χ2v) is 2.96. The van der Waals surface area contributed by atoms with Gasteiger partial charge < -0.3 is 10.5 Å². The molecule has 0 aromatic carbocycles. The summed E-state index contributed by atoms with van der Waals surface area (Å²) in [6.45, 7) is 0. The zero-order chi connectivity index (χ0) is 13.1. The molecule has 17 heavy (non-hydrogen) atoms. The Hall–Kier alpha value is -2.12. The van der Waals surface area contributed by atoms with Crippen LogP contribution >= 0.6 is 0 Å². The van der Waals surface area contributed by atoms with Gasteiger partial charge in [-0.15, -0.1) is 0 Å². The lowest BCUT2D eigenvalue weighted by Gasteiger charge is -2.06. The first kappa shape index (κ1) is 12.9. The number of allylic oxidation sites excluding steroid dienone is 2. The molecule has 1 rings (SSSR count). The van der Waals surface area contributed by atoms with Crippen LogP contribution in [0.2, 0.25) is 0 Å². The summed E-state index contributed by atoms with van der Waals surface area (Å²) >= 11 is 0. The van der Waals surface area contributed by atoms with Crippen molar-refractivity contribution in [2.75, 3.05) is 7.11 Å². The third-order valence-corrected chi connectivity index (χ3v) is 1.75. The van der Waals surface area contributed by atoms with Crippen LogP contribution in [0.5, 0.6) is 5.88 Å². The fraction of sp³-hybridized carbons (Fsp3) is 0.222. The highest BCUT2D eigenvalue weighted by Crippen LogP contribution is 2.21. The maximum atomic E-state index is 12.1. The van der Waals surface area contributed by atoms with Crippen LogP contribution in [0.15, 0.2) is 24.2 Å². The minimum Gasteiger partial charge on any atom is -0.481 e. The van der Waals surface area contributed by atoms with Gasteiger partial charge in [0.05, 0.1) is 18.5 Å². The van der Waals surface area contributed by atoms with Crippen LogP contribution in [0, 0.1) is 5.41 Å². The van der Waals surface area contributed by atoms with Gasteiger partial charge in [0.25, 0.3) is 0 Å². The van der Waals surface area contributed by atoms with Crippen molar-refractivity contribution in [2.45, 2.75) is 6.18 Å². The molecule has 0 atom stereocenters. The molecular weight excluding hydrogens is 237 g/mol. The van der Waals surface area contributed by atoms with Crippen LogP contribution in [-0.2, 0) is 0 Å². The number of alkyl halides is 3. The third kappa shape index (κ3) is 3.44. The first-order valence-electron chi connectivity index (χ1n) is 4.34. The molecule has 1 heterocycles. The third-order valence-electron chi connectivity index (χ3n) is 1.75. The number of rotatable bonds is 3. The van der Waals surface area contributed by atoms with E-state index < -0.39 is 17.6 Å². The lowest BCUT2D eigenvalue weighted by molar-refractivity contribution is -0.0925. The number of aromatic nitrogens is 2. The molecule has 92 valence electrons. The Morgan fingerprint density at radius 2 is 2.12 bits per heavy atom. The van der Waals surface area contributed by atoms with E-state index in [1.807, 2.05) is 0 Å². The van der Waals surface area contributed by atoms with Gasteiger partial charge in [0.15, 0.2) is 0 Å². The molecule has 1 aromatic rings. The molecule has 3 N–H and O–H groups in total. The molecule has 0 aliphatic carbocycles. The molecule has 0 saturated carbocycles. The maximum Gasteiger partial charge on any atom is 0.430 e. The second-order valence-electron chi connectivity index (χ2n) is 2.96. The minimum atomic E-state index is -4.66. The lowest BCUT2D eigenvalue weighted by atomic mass is 10.2. The summed E-state index contributed by atoms with van der Waals surface area (Å²) in [5.74, 6) is 0.152.